The molecule has 2 aromatic rings. The fraction of sp³-hybridized carbons (Fsp3) is 0.375. The normalized spacial score (nSPS) is 17.8. The molecule has 2 heterocycles. The predicted octanol–water partition coefficient (Wildman–Crippen LogP) is 4.31. The third-order valence-corrected chi connectivity index (χ3v) is 4.41. The summed E-state index contributed by atoms with van der Waals surface area (Å²) in [5.41, 5.74) is 2.42. The van der Waals surface area contributed by atoms with Crippen LogP contribution >= 0.6 is 11.6 Å². The topological polar surface area (TPSA) is 58.4 Å². The average Bonchev–Trinajstić information content (AvgIpc) is 3.12. The number of benzene rings is 1. The van der Waals surface area contributed by atoms with Crippen LogP contribution in [0.1, 0.15) is 35.9 Å². The van der Waals surface area contributed by atoms with Crippen molar-refractivity contribution in [3.63, 3.8) is 0 Å². The lowest BCUT2D eigenvalue weighted by Crippen LogP contribution is -2.34. The predicted molar refractivity (Wildman–Crippen MR) is 85.1 cm³/mol. The number of nitrogens with one attached hydrogen (secondary N) is 1. The first-order valence-electron chi connectivity index (χ1n) is 7.32. The van der Waals surface area contributed by atoms with Gasteiger partial charge in [0.2, 0.25) is 0 Å². The lowest BCUT2D eigenvalue weighted by Gasteiger charge is -2.23. The van der Waals surface area contributed by atoms with Crippen LogP contribution in [0.5, 0.6) is 0 Å². The first-order chi connectivity index (χ1) is 10.6. The molecule has 116 valence electrons. The number of carbonyl (C=O) groups is 1. The number of halogens is 1. The van der Waals surface area contributed by atoms with Crippen molar-refractivity contribution < 1.29 is 9.32 Å². The SMILES string of the molecule is Cc1cc(C2CCCN2C(=O)Nc2cccc(Cl)c2C)on1. The Morgan fingerprint density at radius 1 is 1.45 bits per heavy atom. The molecular weight excluding hydrogens is 302 g/mol. The Bertz CT molecular complexity index is 698. The molecule has 0 radical (unpaired) electrons. The Morgan fingerprint density at radius 3 is 3.00 bits per heavy atom. The molecule has 0 spiro atoms. The Labute approximate surface area is 134 Å². The number of nitrogens with zero attached hydrogens (tertiary/aromatic N) is 2. The zero-order chi connectivity index (χ0) is 15.7. The largest absolute Gasteiger partial charge is 0.359 e. The van der Waals surface area contributed by atoms with Crippen molar-refractivity contribution in [3.05, 3.63) is 46.3 Å². The minimum atomic E-state index is -0.137. The van der Waals surface area contributed by atoms with Crippen molar-refractivity contribution in [2.45, 2.75) is 32.7 Å². The number of hydrogen-bond acceptors (Lipinski definition) is 3. The highest BCUT2D eigenvalue weighted by molar-refractivity contribution is 6.31. The zero-order valence-electron chi connectivity index (χ0n) is 12.6. The van der Waals surface area contributed by atoms with Crippen LogP contribution in [0.2, 0.25) is 5.02 Å². The Hall–Kier alpha value is -2.01. The maximum absolute atomic E-state index is 12.6. The van der Waals surface area contributed by atoms with Crippen LogP contribution < -0.4 is 5.32 Å². The summed E-state index contributed by atoms with van der Waals surface area (Å²) in [5, 5.41) is 7.49. The van der Waals surface area contributed by atoms with Gasteiger partial charge in [-0.05, 0) is 44.4 Å². The molecule has 1 atom stereocenters. The van der Waals surface area contributed by atoms with Gasteiger partial charge in [-0.1, -0.05) is 22.8 Å². The van der Waals surface area contributed by atoms with Crippen molar-refractivity contribution >= 4 is 23.3 Å². The molecule has 3 rings (SSSR count). The Morgan fingerprint density at radius 2 is 2.27 bits per heavy atom. The smallest absolute Gasteiger partial charge is 0.322 e. The summed E-state index contributed by atoms with van der Waals surface area (Å²) in [6, 6.07) is 7.18. The highest BCUT2D eigenvalue weighted by Crippen LogP contribution is 2.33. The molecule has 1 saturated heterocycles. The molecule has 1 unspecified atom stereocenters. The van der Waals surface area contributed by atoms with E-state index in [0.717, 1.165) is 35.5 Å². The molecule has 1 aromatic heterocycles. The number of urea groups is 1. The van der Waals surface area contributed by atoms with E-state index in [1.807, 2.05) is 38.1 Å². The van der Waals surface area contributed by atoms with Crippen LogP contribution in [0.15, 0.2) is 28.8 Å². The molecule has 0 aliphatic carbocycles. The average molecular weight is 320 g/mol. The van der Waals surface area contributed by atoms with Crippen molar-refractivity contribution in [2.75, 3.05) is 11.9 Å². The molecule has 22 heavy (non-hydrogen) atoms. The number of hydrogen-bond donors (Lipinski definition) is 1. The number of aromatic nitrogens is 1. The summed E-state index contributed by atoms with van der Waals surface area (Å²) in [6.45, 7) is 4.47. The summed E-state index contributed by atoms with van der Waals surface area (Å²) in [4.78, 5) is 14.4. The number of carbonyl (C=O) groups excluding carboxylic acids is 1. The van der Waals surface area contributed by atoms with Crippen molar-refractivity contribution in [1.82, 2.24) is 10.1 Å². The number of rotatable bonds is 2. The molecule has 1 aromatic carbocycles. The van der Waals surface area contributed by atoms with Crippen LogP contribution in [-0.4, -0.2) is 22.6 Å². The van der Waals surface area contributed by atoms with E-state index in [4.69, 9.17) is 16.1 Å². The maximum atomic E-state index is 12.6. The van der Waals surface area contributed by atoms with Gasteiger partial charge in [0, 0.05) is 23.3 Å². The molecule has 5 nitrogen and oxygen atoms in total. The van der Waals surface area contributed by atoms with Crippen LogP contribution in [-0.2, 0) is 0 Å². The molecule has 0 saturated carbocycles. The third kappa shape index (κ3) is 2.81. The van der Waals surface area contributed by atoms with Gasteiger partial charge in [-0.3, -0.25) is 0 Å². The Kier molecular flexibility index (Phi) is 4.07. The second-order valence-corrected chi connectivity index (χ2v) is 5.97. The number of amides is 2. The fourth-order valence-electron chi connectivity index (χ4n) is 2.78. The van der Waals surface area contributed by atoms with Gasteiger partial charge in [0.1, 0.15) is 0 Å². The van der Waals surface area contributed by atoms with Crippen molar-refractivity contribution in [1.29, 1.82) is 0 Å². The fourth-order valence-corrected chi connectivity index (χ4v) is 2.95. The second kappa shape index (κ2) is 6.01. The molecule has 1 N–H and O–H groups in total. The number of anilines is 1. The standard InChI is InChI=1S/C16H18ClN3O2/c1-10-9-15(22-19-10)14-7-4-8-20(14)16(21)18-13-6-3-5-12(17)11(13)2/h3,5-6,9,14H,4,7-8H2,1-2H3,(H,18,21). The highest BCUT2D eigenvalue weighted by Gasteiger charge is 2.32. The van der Waals surface area contributed by atoms with E-state index in [-0.39, 0.29) is 12.1 Å². The summed E-state index contributed by atoms with van der Waals surface area (Å²) in [7, 11) is 0. The van der Waals surface area contributed by atoms with Crippen LogP contribution in [0.3, 0.4) is 0 Å². The summed E-state index contributed by atoms with van der Waals surface area (Å²) in [6.07, 6.45) is 1.84. The third-order valence-electron chi connectivity index (χ3n) is 4.00. The molecule has 1 aliphatic heterocycles. The van der Waals surface area contributed by atoms with Gasteiger partial charge in [-0.2, -0.15) is 0 Å². The van der Waals surface area contributed by atoms with E-state index in [1.54, 1.807) is 4.90 Å². The summed E-state index contributed by atoms with van der Waals surface area (Å²) < 4.78 is 5.33. The van der Waals surface area contributed by atoms with Gasteiger partial charge in [0.05, 0.1) is 11.7 Å². The molecule has 1 aliphatic rings. The number of aryl methyl sites for hydroxylation is 1. The summed E-state index contributed by atoms with van der Waals surface area (Å²) in [5.74, 6) is 0.743. The van der Waals surface area contributed by atoms with Crippen LogP contribution in [0, 0.1) is 13.8 Å². The van der Waals surface area contributed by atoms with Crippen molar-refractivity contribution in [2.24, 2.45) is 0 Å². The van der Waals surface area contributed by atoms with Crippen molar-refractivity contribution in [3.8, 4) is 0 Å². The van der Waals surface area contributed by atoms with Gasteiger partial charge >= 0.3 is 6.03 Å². The first kappa shape index (κ1) is 14.9. The quantitative estimate of drug-likeness (QED) is 0.897. The Balaban J connectivity index is 1.78. The molecule has 2 amide bonds. The zero-order valence-corrected chi connectivity index (χ0v) is 13.4. The van der Waals surface area contributed by atoms with E-state index in [0.29, 0.717) is 11.6 Å². The molecule has 1 fully saturated rings. The minimum Gasteiger partial charge on any atom is -0.359 e. The molecule has 6 heteroatoms. The van der Waals surface area contributed by atoms with E-state index < -0.39 is 0 Å². The van der Waals surface area contributed by atoms with E-state index in [9.17, 15) is 4.79 Å². The lowest BCUT2D eigenvalue weighted by atomic mass is 10.1. The molecular formula is C16H18ClN3O2. The molecule has 0 bridgehead atoms. The van der Waals surface area contributed by atoms with Crippen LogP contribution in [0.4, 0.5) is 10.5 Å². The van der Waals surface area contributed by atoms with E-state index in [1.165, 1.54) is 0 Å². The van der Waals surface area contributed by atoms with Gasteiger partial charge in [-0.25, -0.2) is 4.79 Å². The van der Waals surface area contributed by atoms with Gasteiger partial charge < -0.3 is 14.7 Å². The summed E-state index contributed by atoms with van der Waals surface area (Å²) >= 11 is 6.10. The minimum absolute atomic E-state index is 0.0549. The monoisotopic (exact) mass is 319 g/mol. The first-order valence-corrected chi connectivity index (χ1v) is 7.70. The highest BCUT2D eigenvalue weighted by atomic mass is 35.5. The number of likely N-dealkylation sites (tertiary alicyclic amines) is 1. The maximum Gasteiger partial charge on any atom is 0.322 e. The van der Waals surface area contributed by atoms with Gasteiger partial charge in [0.25, 0.3) is 0 Å². The second-order valence-electron chi connectivity index (χ2n) is 5.56. The van der Waals surface area contributed by atoms with Crippen LogP contribution in [0.25, 0.3) is 0 Å². The van der Waals surface area contributed by atoms with Gasteiger partial charge in [0.15, 0.2) is 5.76 Å². The van der Waals surface area contributed by atoms with E-state index in [2.05, 4.69) is 10.5 Å². The lowest BCUT2D eigenvalue weighted by molar-refractivity contribution is 0.195. The van der Waals surface area contributed by atoms with Gasteiger partial charge in [-0.15, -0.1) is 0 Å². The van der Waals surface area contributed by atoms with E-state index >= 15 is 0 Å².